The molecule has 0 spiro atoms. The normalized spacial score (nSPS) is 23.8. The summed E-state index contributed by atoms with van der Waals surface area (Å²) in [5, 5.41) is 7.64. The van der Waals surface area contributed by atoms with Crippen LogP contribution < -0.4 is 0 Å². The van der Waals surface area contributed by atoms with Crippen LogP contribution in [-0.2, 0) is 0 Å². The summed E-state index contributed by atoms with van der Waals surface area (Å²) in [6, 6.07) is 0. The zero-order chi connectivity index (χ0) is 7.68. The smallest absolute Gasteiger partial charge is 0.0825 e. The van der Waals surface area contributed by atoms with Crippen molar-refractivity contribution in [2.75, 3.05) is 0 Å². The largest absolute Gasteiger partial charge is 0.303 e. The molecule has 0 unspecified atom stereocenters. The van der Waals surface area contributed by atoms with Crippen molar-refractivity contribution < 1.29 is 0 Å². The van der Waals surface area contributed by atoms with Crippen LogP contribution in [-0.4, -0.2) is 11.9 Å². The molecule has 58 valence electrons. The van der Waals surface area contributed by atoms with Crippen LogP contribution in [0.15, 0.2) is 16.3 Å². The van der Waals surface area contributed by atoms with Gasteiger partial charge in [0.2, 0.25) is 0 Å². The molecule has 0 amide bonds. The SMILES string of the molecule is N=C1CCCC2=C1N=CCC2. The first-order chi connectivity index (χ1) is 5.38. The van der Waals surface area contributed by atoms with Gasteiger partial charge in [-0.2, -0.15) is 0 Å². The lowest BCUT2D eigenvalue weighted by Gasteiger charge is -2.20. The molecule has 0 aromatic carbocycles. The Morgan fingerprint density at radius 3 is 3.00 bits per heavy atom. The number of hydrogen-bond donors (Lipinski definition) is 1. The molecule has 1 N–H and O–H groups in total. The van der Waals surface area contributed by atoms with Gasteiger partial charge in [0.05, 0.1) is 11.4 Å². The second kappa shape index (κ2) is 2.61. The van der Waals surface area contributed by atoms with Crippen LogP contribution in [0.4, 0.5) is 0 Å². The van der Waals surface area contributed by atoms with Gasteiger partial charge in [-0.1, -0.05) is 0 Å². The van der Waals surface area contributed by atoms with Crippen LogP contribution in [0.25, 0.3) is 0 Å². The highest BCUT2D eigenvalue weighted by atomic mass is 14.8. The number of nitrogens with zero attached hydrogens (tertiary/aromatic N) is 1. The first-order valence-corrected chi connectivity index (χ1v) is 4.20. The van der Waals surface area contributed by atoms with E-state index < -0.39 is 0 Å². The Kier molecular flexibility index (Phi) is 1.60. The van der Waals surface area contributed by atoms with Gasteiger partial charge in [0.25, 0.3) is 0 Å². The maximum atomic E-state index is 7.64. The number of hydrogen-bond acceptors (Lipinski definition) is 2. The van der Waals surface area contributed by atoms with Gasteiger partial charge in [0, 0.05) is 6.21 Å². The summed E-state index contributed by atoms with van der Waals surface area (Å²) < 4.78 is 0. The molecule has 11 heavy (non-hydrogen) atoms. The third-order valence-corrected chi connectivity index (χ3v) is 2.32. The Morgan fingerprint density at radius 2 is 2.18 bits per heavy atom. The van der Waals surface area contributed by atoms with Gasteiger partial charge in [-0.15, -0.1) is 0 Å². The summed E-state index contributed by atoms with van der Waals surface area (Å²) in [5.74, 6) is 0. The van der Waals surface area contributed by atoms with Crippen molar-refractivity contribution in [3.8, 4) is 0 Å². The van der Waals surface area contributed by atoms with Crippen LogP contribution in [0.1, 0.15) is 32.1 Å². The van der Waals surface area contributed by atoms with E-state index in [-0.39, 0.29) is 0 Å². The fraction of sp³-hybridized carbons (Fsp3) is 0.556. The molecule has 0 aromatic heterocycles. The summed E-state index contributed by atoms with van der Waals surface area (Å²) in [5.41, 5.74) is 3.17. The van der Waals surface area contributed by atoms with E-state index in [1.807, 2.05) is 6.21 Å². The van der Waals surface area contributed by atoms with E-state index in [9.17, 15) is 0 Å². The molecule has 0 saturated carbocycles. The molecule has 0 bridgehead atoms. The van der Waals surface area contributed by atoms with Gasteiger partial charge < -0.3 is 5.41 Å². The van der Waals surface area contributed by atoms with Gasteiger partial charge in [0.1, 0.15) is 0 Å². The van der Waals surface area contributed by atoms with Crippen molar-refractivity contribution in [3.63, 3.8) is 0 Å². The standard InChI is InChI=1S/C9H12N2/c10-8-5-1-3-7-4-2-6-11-9(7)8/h6,10H,1-5H2. The van der Waals surface area contributed by atoms with Crippen LogP contribution in [0.2, 0.25) is 0 Å². The van der Waals surface area contributed by atoms with Crippen molar-refractivity contribution in [1.29, 1.82) is 5.41 Å². The van der Waals surface area contributed by atoms with E-state index in [4.69, 9.17) is 5.41 Å². The molecular weight excluding hydrogens is 136 g/mol. The van der Waals surface area contributed by atoms with Gasteiger partial charge in [-0.05, 0) is 37.7 Å². The summed E-state index contributed by atoms with van der Waals surface area (Å²) in [7, 11) is 0. The first-order valence-electron chi connectivity index (χ1n) is 4.20. The van der Waals surface area contributed by atoms with Crippen LogP contribution in [0.5, 0.6) is 0 Å². The third-order valence-electron chi connectivity index (χ3n) is 2.32. The average Bonchev–Trinajstić information content (AvgIpc) is 2.06. The van der Waals surface area contributed by atoms with Crippen molar-refractivity contribution >= 4 is 11.9 Å². The van der Waals surface area contributed by atoms with Crippen LogP contribution in [0, 0.1) is 5.41 Å². The second-order valence-electron chi connectivity index (χ2n) is 3.13. The Bertz CT molecular complexity index is 248. The lowest BCUT2D eigenvalue weighted by Crippen LogP contribution is -2.12. The Balaban J connectivity index is 2.35. The third kappa shape index (κ3) is 1.13. The monoisotopic (exact) mass is 148 g/mol. The minimum atomic E-state index is 0.752. The zero-order valence-electron chi connectivity index (χ0n) is 6.56. The molecule has 2 heteroatoms. The number of allylic oxidation sites excluding steroid dienone is 2. The molecule has 1 heterocycles. The summed E-state index contributed by atoms with van der Waals surface area (Å²) >= 11 is 0. The lowest BCUT2D eigenvalue weighted by atomic mass is 9.91. The fourth-order valence-electron chi connectivity index (χ4n) is 1.74. The quantitative estimate of drug-likeness (QED) is 0.547. The van der Waals surface area contributed by atoms with Gasteiger partial charge in [-0.25, -0.2) is 0 Å². The number of nitrogens with one attached hydrogen (secondary N) is 1. The lowest BCUT2D eigenvalue weighted by molar-refractivity contribution is 0.762. The Hall–Kier alpha value is -0.920. The topological polar surface area (TPSA) is 36.2 Å². The fourth-order valence-corrected chi connectivity index (χ4v) is 1.74. The zero-order valence-corrected chi connectivity index (χ0v) is 6.56. The van der Waals surface area contributed by atoms with E-state index >= 15 is 0 Å². The van der Waals surface area contributed by atoms with Crippen LogP contribution >= 0.6 is 0 Å². The molecule has 0 saturated heterocycles. The second-order valence-corrected chi connectivity index (χ2v) is 3.13. The molecule has 1 aliphatic carbocycles. The highest BCUT2D eigenvalue weighted by molar-refractivity contribution is 6.00. The van der Waals surface area contributed by atoms with E-state index in [1.54, 1.807) is 0 Å². The van der Waals surface area contributed by atoms with Crippen molar-refractivity contribution in [2.45, 2.75) is 32.1 Å². The Labute approximate surface area is 66.5 Å². The van der Waals surface area contributed by atoms with Crippen molar-refractivity contribution in [3.05, 3.63) is 11.3 Å². The highest BCUT2D eigenvalue weighted by Gasteiger charge is 2.17. The summed E-state index contributed by atoms with van der Waals surface area (Å²) in [6.07, 6.45) is 7.42. The highest BCUT2D eigenvalue weighted by Crippen LogP contribution is 2.28. The minimum Gasteiger partial charge on any atom is -0.303 e. The molecular formula is C9H12N2. The van der Waals surface area contributed by atoms with Gasteiger partial charge in [0.15, 0.2) is 0 Å². The van der Waals surface area contributed by atoms with Crippen molar-refractivity contribution in [1.82, 2.24) is 0 Å². The molecule has 0 aromatic rings. The first kappa shape index (κ1) is 6.77. The average molecular weight is 148 g/mol. The van der Waals surface area contributed by atoms with Crippen LogP contribution in [0.3, 0.4) is 0 Å². The molecule has 2 nitrogen and oxygen atoms in total. The molecule has 1 aliphatic heterocycles. The predicted molar refractivity (Wildman–Crippen MR) is 46.3 cm³/mol. The summed E-state index contributed by atoms with van der Waals surface area (Å²) in [4.78, 5) is 4.26. The number of aliphatic imine (C=N–C) groups is 1. The van der Waals surface area contributed by atoms with Crippen molar-refractivity contribution in [2.24, 2.45) is 4.99 Å². The van der Waals surface area contributed by atoms with Gasteiger partial charge in [-0.3, -0.25) is 4.99 Å². The van der Waals surface area contributed by atoms with E-state index in [0.29, 0.717) is 0 Å². The maximum absolute atomic E-state index is 7.64. The molecule has 0 radical (unpaired) electrons. The molecule has 2 aliphatic rings. The number of rotatable bonds is 0. The van der Waals surface area contributed by atoms with E-state index in [0.717, 1.165) is 37.1 Å². The van der Waals surface area contributed by atoms with Gasteiger partial charge >= 0.3 is 0 Å². The summed E-state index contributed by atoms with van der Waals surface area (Å²) in [6.45, 7) is 0. The molecule has 2 rings (SSSR count). The predicted octanol–water partition coefficient (Wildman–Crippen LogP) is 2.31. The van der Waals surface area contributed by atoms with E-state index in [2.05, 4.69) is 4.99 Å². The Morgan fingerprint density at radius 1 is 1.27 bits per heavy atom. The van der Waals surface area contributed by atoms with E-state index in [1.165, 1.54) is 12.0 Å². The minimum absolute atomic E-state index is 0.752. The maximum Gasteiger partial charge on any atom is 0.0825 e. The molecule has 0 fully saturated rings. The molecule has 0 atom stereocenters.